The average Bonchev–Trinajstić information content (AvgIpc) is 2.97. The van der Waals surface area contributed by atoms with E-state index in [1.165, 1.54) is 12.8 Å². The molecule has 1 aromatic heterocycles. The minimum atomic E-state index is 0.266. The lowest BCUT2D eigenvalue weighted by Crippen LogP contribution is -2.00. The van der Waals surface area contributed by atoms with Gasteiger partial charge >= 0.3 is 0 Å². The molecule has 2 nitrogen and oxygen atoms in total. The van der Waals surface area contributed by atoms with E-state index in [4.69, 9.17) is 0 Å². The van der Waals surface area contributed by atoms with Crippen molar-refractivity contribution in [3.8, 4) is 0 Å². The summed E-state index contributed by atoms with van der Waals surface area (Å²) in [4.78, 5) is 15.8. The number of aromatic nitrogens is 1. The topological polar surface area (TPSA) is 30.0 Å². The van der Waals surface area contributed by atoms with E-state index in [-0.39, 0.29) is 5.78 Å². The number of hydrogen-bond acceptors (Lipinski definition) is 2. The second-order valence-corrected chi connectivity index (χ2v) is 4.09. The van der Waals surface area contributed by atoms with Gasteiger partial charge in [0.25, 0.3) is 0 Å². The van der Waals surface area contributed by atoms with Gasteiger partial charge in [0.1, 0.15) is 0 Å². The van der Waals surface area contributed by atoms with Crippen LogP contribution in [0.4, 0.5) is 0 Å². The maximum atomic E-state index is 11.7. The molecule has 14 heavy (non-hydrogen) atoms. The fourth-order valence-electron chi connectivity index (χ4n) is 1.61. The zero-order valence-electron chi connectivity index (χ0n) is 8.49. The van der Waals surface area contributed by atoms with E-state index in [2.05, 4.69) is 4.98 Å². The van der Waals surface area contributed by atoms with Gasteiger partial charge in [0.15, 0.2) is 5.78 Å². The van der Waals surface area contributed by atoms with Crippen LogP contribution in [0.25, 0.3) is 0 Å². The van der Waals surface area contributed by atoms with Crippen LogP contribution >= 0.6 is 0 Å². The Morgan fingerprint density at radius 2 is 2.36 bits per heavy atom. The Balaban J connectivity index is 1.95. The Morgan fingerprint density at radius 3 is 3.00 bits per heavy atom. The van der Waals surface area contributed by atoms with Crippen LogP contribution in [0.2, 0.25) is 0 Å². The predicted octanol–water partition coefficient (Wildman–Crippen LogP) is 2.76. The third-order valence-corrected chi connectivity index (χ3v) is 2.70. The molecular weight excluding hydrogens is 174 g/mol. The monoisotopic (exact) mass is 189 g/mol. The summed E-state index contributed by atoms with van der Waals surface area (Å²) in [5, 5.41) is 0. The number of carbonyl (C=O) groups is 1. The number of nitrogens with zero attached hydrogens (tertiary/aromatic N) is 1. The van der Waals surface area contributed by atoms with Crippen LogP contribution in [0.15, 0.2) is 18.3 Å². The minimum Gasteiger partial charge on any atom is -0.294 e. The van der Waals surface area contributed by atoms with Crippen molar-refractivity contribution >= 4 is 5.78 Å². The van der Waals surface area contributed by atoms with Gasteiger partial charge in [-0.3, -0.25) is 9.78 Å². The molecule has 1 aliphatic rings. The van der Waals surface area contributed by atoms with Crippen molar-refractivity contribution in [1.82, 2.24) is 4.98 Å². The third-order valence-electron chi connectivity index (χ3n) is 2.70. The fraction of sp³-hybridized carbons (Fsp3) is 0.500. The largest absolute Gasteiger partial charge is 0.294 e. The predicted molar refractivity (Wildman–Crippen MR) is 55.3 cm³/mol. The Labute approximate surface area is 84.4 Å². The number of hydrogen-bond donors (Lipinski definition) is 0. The maximum absolute atomic E-state index is 11.7. The molecule has 0 amide bonds. The number of pyridine rings is 1. The van der Waals surface area contributed by atoms with E-state index in [9.17, 15) is 4.79 Å². The molecule has 0 N–H and O–H groups in total. The second-order valence-electron chi connectivity index (χ2n) is 4.09. The lowest BCUT2D eigenvalue weighted by atomic mass is 10.1. The van der Waals surface area contributed by atoms with Gasteiger partial charge in [-0.2, -0.15) is 0 Å². The summed E-state index contributed by atoms with van der Waals surface area (Å²) in [6, 6.07) is 3.68. The van der Waals surface area contributed by atoms with Gasteiger partial charge in [-0.15, -0.1) is 0 Å². The minimum absolute atomic E-state index is 0.266. The van der Waals surface area contributed by atoms with Crippen molar-refractivity contribution in [3.63, 3.8) is 0 Å². The number of rotatable bonds is 4. The molecule has 2 rings (SSSR count). The van der Waals surface area contributed by atoms with Gasteiger partial charge in [0.05, 0.1) is 0 Å². The van der Waals surface area contributed by atoms with Crippen LogP contribution in [0.1, 0.15) is 41.7 Å². The van der Waals surface area contributed by atoms with Crippen LogP contribution in [0.5, 0.6) is 0 Å². The maximum Gasteiger partial charge on any atom is 0.163 e. The summed E-state index contributed by atoms with van der Waals surface area (Å²) in [7, 11) is 0. The normalized spacial score (nSPS) is 15.5. The highest BCUT2D eigenvalue weighted by atomic mass is 16.1. The highest BCUT2D eigenvalue weighted by molar-refractivity contribution is 5.96. The molecule has 2 heteroatoms. The van der Waals surface area contributed by atoms with Gasteiger partial charge < -0.3 is 0 Å². The molecule has 1 aromatic rings. The molecule has 0 aromatic carbocycles. The van der Waals surface area contributed by atoms with E-state index < -0.39 is 0 Å². The first-order valence-electron chi connectivity index (χ1n) is 5.21. The molecule has 0 saturated heterocycles. The van der Waals surface area contributed by atoms with Crippen LogP contribution in [0, 0.1) is 12.8 Å². The van der Waals surface area contributed by atoms with Gasteiger partial charge in [0, 0.05) is 23.9 Å². The number of Topliss-reactive ketones (excluding diaryl/α,β-unsaturated/α-hetero) is 1. The Bertz CT molecular complexity index is 342. The van der Waals surface area contributed by atoms with Crippen LogP contribution in [0.3, 0.4) is 0 Å². The Hall–Kier alpha value is -1.18. The van der Waals surface area contributed by atoms with Gasteiger partial charge in [-0.1, -0.05) is 12.8 Å². The molecule has 0 bridgehead atoms. The van der Waals surface area contributed by atoms with Crippen LogP contribution in [-0.4, -0.2) is 10.8 Å². The molecule has 1 heterocycles. The molecule has 0 radical (unpaired) electrons. The number of aryl methyl sites for hydroxylation is 1. The average molecular weight is 189 g/mol. The van der Waals surface area contributed by atoms with Crippen molar-refractivity contribution in [2.75, 3.05) is 0 Å². The van der Waals surface area contributed by atoms with Crippen molar-refractivity contribution in [1.29, 1.82) is 0 Å². The van der Waals surface area contributed by atoms with E-state index in [0.29, 0.717) is 6.42 Å². The number of carbonyl (C=O) groups excluding carboxylic acids is 1. The Morgan fingerprint density at radius 1 is 1.57 bits per heavy atom. The lowest BCUT2D eigenvalue weighted by molar-refractivity contribution is 0.0978. The second kappa shape index (κ2) is 3.91. The molecule has 74 valence electrons. The zero-order chi connectivity index (χ0) is 9.97. The SMILES string of the molecule is Cc1cc(C(=O)CCC2CC2)ccn1. The van der Waals surface area contributed by atoms with E-state index in [0.717, 1.165) is 23.6 Å². The van der Waals surface area contributed by atoms with Gasteiger partial charge in [-0.05, 0) is 31.4 Å². The highest BCUT2D eigenvalue weighted by Gasteiger charge is 2.22. The summed E-state index contributed by atoms with van der Waals surface area (Å²) in [5.74, 6) is 1.10. The van der Waals surface area contributed by atoms with E-state index in [1.807, 2.05) is 19.1 Å². The summed E-state index contributed by atoms with van der Waals surface area (Å²) in [6.07, 6.45) is 6.12. The molecule has 0 unspecified atom stereocenters. The fourth-order valence-corrected chi connectivity index (χ4v) is 1.61. The van der Waals surface area contributed by atoms with Gasteiger partial charge in [0.2, 0.25) is 0 Å². The van der Waals surface area contributed by atoms with Crippen molar-refractivity contribution in [3.05, 3.63) is 29.6 Å². The van der Waals surface area contributed by atoms with E-state index >= 15 is 0 Å². The Kier molecular flexibility index (Phi) is 2.62. The van der Waals surface area contributed by atoms with Crippen LogP contribution < -0.4 is 0 Å². The van der Waals surface area contributed by atoms with Crippen LogP contribution in [-0.2, 0) is 0 Å². The smallest absolute Gasteiger partial charge is 0.163 e. The molecule has 1 aliphatic carbocycles. The quantitative estimate of drug-likeness (QED) is 0.682. The van der Waals surface area contributed by atoms with Gasteiger partial charge in [-0.25, -0.2) is 0 Å². The number of ketones is 1. The standard InChI is InChI=1S/C12H15NO/c1-9-8-11(6-7-13-9)12(14)5-4-10-2-3-10/h6-8,10H,2-5H2,1H3. The van der Waals surface area contributed by atoms with Crippen molar-refractivity contribution < 1.29 is 4.79 Å². The first kappa shape index (κ1) is 9.38. The molecule has 0 aliphatic heterocycles. The zero-order valence-corrected chi connectivity index (χ0v) is 8.49. The first-order chi connectivity index (χ1) is 6.75. The molecule has 1 saturated carbocycles. The first-order valence-corrected chi connectivity index (χ1v) is 5.21. The summed E-state index contributed by atoms with van der Waals surface area (Å²) in [5.41, 5.74) is 1.74. The third kappa shape index (κ3) is 2.41. The van der Waals surface area contributed by atoms with Crippen molar-refractivity contribution in [2.24, 2.45) is 5.92 Å². The molecular formula is C12H15NO. The van der Waals surface area contributed by atoms with Crippen molar-refractivity contribution in [2.45, 2.75) is 32.6 Å². The lowest BCUT2D eigenvalue weighted by Gasteiger charge is -2.00. The molecule has 0 spiro atoms. The summed E-state index contributed by atoms with van der Waals surface area (Å²) in [6.45, 7) is 1.91. The molecule has 1 fully saturated rings. The summed E-state index contributed by atoms with van der Waals surface area (Å²) < 4.78 is 0. The van der Waals surface area contributed by atoms with E-state index in [1.54, 1.807) is 6.20 Å². The summed E-state index contributed by atoms with van der Waals surface area (Å²) >= 11 is 0. The highest BCUT2D eigenvalue weighted by Crippen LogP contribution is 2.33. The molecule has 0 atom stereocenters.